The zero-order valence-electron chi connectivity index (χ0n) is 15.0. The molecule has 8 heteroatoms. The average Bonchev–Trinajstić information content (AvgIpc) is 3.17. The number of benzene rings is 1. The topological polar surface area (TPSA) is 87.9 Å². The molecule has 0 bridgehead atoms. The highest BCUT2D eigenvalue weighted by Gasteiger charge is 2.32. The normalized spacial score (nSPS) is 19.6. The lowest BCUT2D eigenvalue weighted by atomic mass is 10.1. The second-order valence-electron chi connectivity index (χ2n) is 6.85. The Bertz CT molecular complexity index is 844. The summed E-state index contributed by atoms with van der Waals surface area (Å²) in [5.74, 6) is -0.0551. The Morgan fingerprint density at radius 3 is 2.78 bits per heavy atom. The molecular weight excluding hydrogens is 348 g/mol. The van der Waals surface area contributed by atoms with Crippen LogP contribution in [0, 0.1) is 0 Å². The molecule has 1 N–H and O–H groups in total. The van der Waals surface area contributed by atoms with Crippen molar-refractivity contribution in [3.63, 3.8) is 0 Å². The van der Waals surface area contributed by atoms with Gasteiger partial charge in [-0.2, -0.15) is 5.10 Å². The van der Waals surface area contributed by atoms with Crippen LogP contribution in [0.15, 0.2) is 36.5 Å². The minimum Gasteiger partial charge on any atom is -0.508 e. The highest BCUT2D eigenvalue weighted by atomic mass is 16.5. The molecule has 0 radical (unpaired) electrons. The highest BCUT2D eigenvalue weighted by Crippen LogP contribution is 2.26. The van der Waals surface area contributed by atoms with Gasteiger partial charge in [-0.3, -0.25) is 14.3 Å². The van der Waals surface area contributed by atoms with E-state index in [4.69, 9.17) is 4.74 Å². The third kappa shape index (κ3) is 3.66. The molecule has 3 heterocycles. The number of carbonyl (C=O) groups excluding carboxylic acids is 2. The van der Waals surface area contributed by atoms with Crippen molar-refractivity contribution in [2.45, 2.75) is 19.0 Å². The lowest BCUT2D eigenvalue weighted by molar-refractivity contribution is -0.136. The molecule has 2 aliphatic heterocycles. The van der Waals surface area contributed by atoms with E-state index in [0.717, 1.165) is 5.69 Å². The van der Waals surface area contributed by atoms with Crippen LogP contribution in [0.2, 0.25) is 0 Å². The summed E-state index contributed by atoms with van der Waals surface area (Å²) in [5, 5.41) is 14.0. The summed E-state index contributed by atoms with van der Waals surface area (Å²) < 4.78 is 7.16. The molecule has 142 valence electrons. The van der Waals surface area contributed by atoms with E-state index in [9.17, 15) is 14.7 Å². The number of hydrogen-bond acceptors (Lipinski definition) is 5. The third-order valence-electron chi connectivity index (χ3n) is 5.04. The number of aromatic nitrogens is 2. The van der Waals surface area contributed by atoms with E-state index in [2.05, 4.69) is 5.10 Å². The predicted octanol–water partition coefficient (Wildman–Crippen LogP) is 1.03. The van der Waals surface area contributed by atoms with Gasteiger partial charge in [-0.15, -0.1) is 0 Å². The molecule has 1 saturated heterocycles. The Balaban J connectivity index is 1.52. The number of fused-ring (bicyclic) bond motifs is 1. The number of carbonyl (C=O) groups is 2. The fourth-order valence-corrected chi connectivity index (χ4v) is 3.66. The number of phenols is 1. The largest absolute Gasteiger partial charge is 0.508 e. The van der Waals surface area contributed by atoms with Crippen LogP contribution >= 0.6 is 0 Å². The molecule has 27 heavy (non-hydrogen) atoms. The van der Waals surface area contributed by atoms with Gasteiger partial charge in [-0.25, -0.2) is 0 Å². The van der Waals surface area contributed by atoms with Gasteiger partial charge >= 0.3 is 0 Å². The zero-order chi connectivity index (χ0) is 18.8. The Morgan fingerprint density at radius 2 is 2.00 bits per heavy atom. The van der Waals surface area contributed by atoms with Gasteiger partial charge in [0.15, 0.2) is 0 Å². The Labute approximate surface area is 156 Å². The molecule has 1 aromatic heterocycles. The van der Waals surface area contributed by atoms with Crippen LogP contribution < -0.4 is 0 Å². The number of aromatic hydroxyl groups is 1. The first-order valence-electron chi connectivity index (χ1n) is 9.08. The van der Waals surface area contributed by atoms with Crippen LogP contribution in [0.25, 0.3) is 0 Å². The maximum absolute atomic E-state index is 12.9. The summed E-state index contributed by atoms with van der Waals surface area (Å²) in [4.78, 5) is 29.1. The van der Waals surface area contributed by atoms with Crippen molar-refractivity contribution in [3.05, 3.63) is 47.8 Å². The van der Waals surface area contributed by atoms with Crippen molar-refractivity contribution in [2.24, 2.45) is 0 Å². The van der Waals surface area contributed by atoms with E-state index in [1.807, 2.05) is 15.6 Å². The first kappa shape index (κ1) is 17.5. The molecule has 0 unspecified atom stereocenters. The standard InChI is InChI=1S/C19H22N4O4/c24-17-3-1-2-14(10-17)19(26)22-12-15-4-5-20-23(15)16(13-22)11-18(25)21-6-8-27-9-7-21/h1-5,10,16,24H,6-9,11-13H2/t16-/m1/s1. The second-order valence-corrected chi connectivity index (χ2v) is 6.85. The van der Waals surface area contributed by atoms with Crippen LogP contribution in [-0.2, 0) is 16.1 Å². The zero-order valence-corrected chi connectivity index (χ0v) is 15.0. The van der Waals surface area contributed by atoms with E-state index in [1.165, 1.54) is 12.1 Å². The quantitative estimate of drug-likeness (QED) is 0.872. The molecule has 2 amide bonds. The minimum atomic E-state index is -0.208. The molecule has 2 aliphatic rings. The monoisotopic (exact) mass is 370 g/mol. The van der Waals surface area contributed by atoms with Crippen LogP contribution in [0.4, 0.5) is 0 Å². The number of rotatable bonds is 3. The van der Waals surface area contributed by atoms with Gasteiger partial charge in [-0.05, 0) is 24.3 Å². The van der Waals surface area contributed by atoms with Gasteiger partial charge in [0, 0.05) is 31.4 Å². The van der Waals surface area contributed by atoms with Gasteiger partial charge in [0.05, 0.1) is 37.9 Å². The molecule has 1 atom stereocenters. The summed E-state index contributed by atoms with van der Waals surface area (Å²) in [6, 6.07) is 7.99. The predicted molar refractivity (Wildman–Crippen MR) is 96.1 cm³/mol. The molecule has 0 aliphatic carbocycles. The number of amides is 2. The van der Waals surface area contributed by atoms with Crippen molar-refractivity contribution in [2.75, 3.05) is 32.8 Å². The van der Waals surface area contributed by atoms with Crippen LogP contribution in [0.5, 0.6) is 5.75 Å². The summed E-state index contributed by atoms with van der Waals surface area (Å²) in [7, 11) is 0. The molecule has 2 aromatic rings. The lowest BCUT2D eigenvalue weighted by Gasteiger charge is -2.35. The van der Waals surface area contributed by atoms with E-state index < -0.39 is 0 Å². The van der Waals surface area contributed by atoms with Crippen molar-refractivity contribution >= 4 is 11.8 Å². The third-order valence-corrected chi connectivity index (χ3v) is 5.04. The van der Waals surface area contributed by atoms with E-state index in [-0.39, 0.29) is 23.6 Å². The SMILES string of the molecule is O=C(C[C@@H]1CN(C(=O)c2cccc(O)c2)Cc2ccnn21)N1CCOCC1. The van der Waals surface area contributed by atoms with Crippen molar-refractivity contribution < 1.29 is 19.4 Å². The first-order valence-corrected chi connectivity index (χ1v) is 9.08. The first-order chi connectivity index (χ1) is 13.1. The lowest BCUT2D eigenvalue weighted by Crippen LogP contribution is -2.45. The summed E-state index contributed by atoms with van der Waals surface area (Å²) in [5.41, 5.74) is 1.33. The van der Waals surface area contributed by atoms with Crippen LogP contribution in [0.1, 0.15) is 28.5 Å². The molecule has 8 nitrogen and oxygen atoms in total. The van der Waals surface area contributed by atoms with Gasteiger partial charge in [0.25, 0.3) is 5.91 Å². The number of ether oxygens (including phenoxy) is 1. The summed E-state index contributed by atoms with van der Waals surface area (Å²) in [6.07, 6.45) is 1.99. The number of nitrogens with zero attached hydrogens (tertiary/aromatic N) is 4. The fraction of sp³-hybridized carbons (Fsp3) is 0.421. The summed E-state index contributed by atoms with van der Waals surface area (Å²) >= 11 is 0. The van der Waals surface area contributed by atoms with E-state index >= 15 is 0 Å². The summed E-state index contributed by atoms with van der Waals surface area (Å²) in [6.45, 7) is 3.15. The fourth-order valence-electron chi connectivity index (χ4n) is 3.66. The minimum absolute atomic E-state index is 0.0522. The van der Waals surface area contributed by atoms with Crippen LogP contribution in [-0.4, -0.2) is 69.3 Å². The van der Waals surface area contributed by atoms with Gasteiger partial charge in [0.1, 0.15) is 5.75 Å². The number of phenolic OH excluding ortho intramolecular Hbond substituents is 1. The number of hydrogen-bond donors (Lipinski definition) is 1. The molecular formula is C19H22N4O4. The van der Waals surface area contributed by atoms with Crippen LogP contribution in [0.3, 0.4) is 0 Å². The van der Waals surface area contributed by atoms with Crippen molar-refractivity contribution in [1.29, 1.82) is 0 Å². The second kappa shape index (κ2) is 7.40. The molecule has 1 aromatic carbocycles. The Morgan fingerprint density at radius 1 is 1.19 bits per heavy atom. The Kier molecular flexibility index (Phi) is 4.81. The van der Waals surface area contributed by atoms with Crippen molar-refractivity contribution in [3.8, 4) is 5.75 Å². The molecule has 0 spiro atoms. The van der Waals surface area contributed by atoms with Gasteiger partial charge < -0.3 is 19.6 Å². The van der Waals surface area contributed by atoms with Crippen molar-refractivity contribution in [1.82, 2.24) is 19.6 Å². The average molecular weight is 370 g/mol. The maximum atomic E-state index is 12.9. The molecule has 1 fully saturated rings. The number of morpholine rings is 1. The maximum Gasteiger partial charge on any atom is 0.254 e. The van der Waals surface area contributed by atoms with Gasteiger partial charge in [-0.1, -0.05) is 6.07 Å². The Hall–Kier alpha value is -2.87. The van der Waals surface area contributed by atoms with E-state index in [1.54, 1.807) is 23.2 Å². The van der Waals surface area contributed by atoms with E-state index in [0.29, 0.717) is 51.4 Å². The highest BCUT2D eigenvalue weighted by molar-refractivity contribution is 5.94. The van der Waals surface area contributed by atoms with Gasteiger partial charge in [0.2, 0.25) is 5.91 Å². The molecule has 0 saturated carbocycles. The molecule has 4 rings (SSSR count). The smallest absolute Gasteiger partial charge is 0.254 e.